The first-order valence-corrected chi connectivity index (χ1v) is 8.44. The van der Waals surface area contributed by atoms with Crippen LogP contribution in [0.2, 0.25) is 0 Å². The van der Waals surface area contributed by atoms with Gasteiger partial charge in [0.15, 0.2) is 0 Å². The molecule has 1 atom stereocenters. The van der Waals surface area contributed by atoms with Gasteiger partial charge in [-0.2, -0.15) is 0 Å². The van der Waals surface area contributed by atoms with Crippen molar-refractivity contribution in [3.8, 4) is 0 Å². The van der Waals surface area contributed by atoms with E-state index in [1.54, 1.807) is 11.0 Å². The number of likely N-dealkylation sites (tertiary alicyclic amines) is 1. The molecule has 2 amide bonds. The van der Waals surface area contributed by atoms with Gasteiger partial charge in [0.25, 0.3) is 6.43 Å². The molecule has 1 N–H and O–H groups in total. The summed E-state index contributed by atoms with van der Waals surface area (Å²) < 4.78 is 27.0. The molecule has 1 aliphatic rings. The van der Waals surface area contributed by atoms with Crippen molar-refractivity contribution in [2.45, 2.75) is 33.2 Å². The van der Waals surface area contributed by atoms with E-state index in [-0.39, 0.29) is 22.9 Å². The smallest absolute Gasteiger partial charge is 0.260 e. The second-order valence-electron chi connectivity index (χ2n) is 7.40. The van der Waals surface area contributed by atoms with Gasteiger partial charge < -0.3 is 14.8 Å². The van der Waals surface area contributed by atoms with E-state index in [0.29, 0.717) is 13.1 Å². The Morgan fingerprint density at radius 2 is 2.08 bits per heavy atom. The highest BCUT2D eigenvalue weighted by atomic mass is 19.3. The van der Waals surface area contributed by atoms with E-state index in [1.807, 2.05) is 43.9 Å². The third-order valence-corrected chi connectivity index (χ3v) is 4.55. The molecule has 5 nitrogen and oxygen atoms in total. The Hall–Kier alpha value is -2.44. The average Bonchev–Trinajstić information content (AvgIpc) is 3.08. The monoisotopic (exact) mass is 365 g/mol. The number of nitrogens with one attached hydrogen (secondary N) is 1. The number of aryl methyl sites for hydroxylation is 1. The molecule has 1 fully saturated rings. The molecule has 0 bridgehead atoms. The van der Waals surface area contributed by atoms with E-state index >= 15 is 0 Å². The summed E-state index contributed by atoms with van der Waals surface area (Å²) in [7, 11) is 1.90. The van der Waals surface area contributed by atoms with E-state index in [1.165, 1.54) is 13.0 Å². The van der Waals surface area contributed by atoms with Gasteiger partial charge in [0.1, 0.15) is 0 Å². The Kier molecular flexibility index (Phi) is 6.00. The van der Waals surface area contributed by atoms with E-state index in [4.69, 9.17) is 0 Å². The number of hydrogen-bond donors (Lipinski definition) is 1. The van der Waals surface area contributed by atoms with Gasteiger partial charge in [0.05, 0.1) is 6.04 Å². The van der Waals surface area contributed by atoms with Crippen molar-refractivity contribution in [3.63, 3.8) is 0 Å². The fraction of sp³-hybridized carbons (Fsp3) is 0.474. The highest BCUT2D eigenvalue weighted by Crippen LogP contribution is 2.30. The zero-order valence-electron chi connectivity index (χ0n) is 15.5. The summed E-state index contributed by atoms with van der Waals surface area (Å²) in [6, 6.07) is 1.60. The van der Waals surface area contributed by atoms with Crippen molar-refractivity contribution >= 4 is 17.9 Å². The fourth-order valence-corrected chi connectivity index (χ4v) is 2.92. The summed E-state index contributed by atoms with van der Waals surface area (Å²) in [6.07, 6.45) is 5.31. The van der Waals surface area contributed by atoms with Gasteiger partial charge in [0.2, 0.25) is 11.8 Å². The average molecular weight is 365 g/mol. The van der Waals surface area contributed by atoms with E-state index < -0.39 is 12.3 Å². The third kappa shape index (κ3) is 5.03. The number of nitrogens with zero attached hydrogens (tertiary/aromatic N) is 2. The molecule has 26 heavy (non-hydrogen) atoms. The maximum absolute atomic E-state index is 12.5. The van der Waals surface area contributed by atoms with E-state index in [0.717, 1.165) is 11.6 Å². The number of alkyl halides is 2. The Balaban J connectivity index is 2.00. The summed E-state index contributed by atoms with van der Waals surface area (Å²) in [5, 5.41) is 2.75. The SMILES string of the molecule is C/C(=C\C(=O)NC1CN(C(=O)/C=C/c2ccn(C)c2)CC1(C)C)C(F)F. The molecule has 1 saturated heterocycles. The zero-order valence-corrected chi connectivity index (χ0v) is 15.5. The number of hydrogen-bond acceptors (Lipinski definition) is 2. The number of amides is 2. The van der Waals surface area contributed by atoms with Crippen LogP contribution in [0.1, 0.15) is 26.3 Å². The minimum atomic E-state index is -2.65. The molecule has 1 aromatic heterocycles. The van der Waals surface area contributed by atoms with Crippen LogP contribution in [0, 0.1) is 5.41 Å². The molecule has 1 aromatic rings. The summed E-state index contributed by atoms with van der Waals surface area (Å²) >= 11 is 0. The van der Waals surface area contributed by atoms with Crippen molar-refractivity contribution in [2.24, 2.45) is 12.5 Å². The lowest BCUT2D eigenvalue weighted by Gasteiger charge is -2.25. The molecule has 0 aromatic carbocycles. The topological polar surface area (TPSA) is 54.3 Å². The molecule has 7 heteroatoms. The highest BCUT2D eigenvalue weighted by molar-refractivity contribution is 5.92. The van der Waals surface area contributed by atoms with Crippen LogP contribution < -0.4 is 5.32 Å². The Labute approximate surface area is 152 Å². The maximum Gasteiger partial charge on any atom is 0.260 e. The second kappa shape index (κ2) is 7.85. The first-order valence-electron chi connectivity index (χ1n) is 8.44. The lowest BCUT2D eigenvalue weighted by molar-refractivity contribution is -0.125. The predicted octanol–water partition coefficient (Wildman–Crippen LogP) is 2.60. The van der Waals surface area contributed by atoms with Crippen LogP contribution >= 0.6 is 0 Å². The Morgan fingerprint density at radius 3 is 2.65 bits per heavy atom. The Morgan fingerprint density at radius 1 is 1.38 bits per heavy atom. The molecule has 0 spiro atoms. The summed E-state index contributed by atoms with van der Waals surface area (Å²) in [4.78, 5) is 26.0. The molecule has 0 aliphatic carbocycles. The highest BCUT2D eigenvalue weighted by Gasteiger charge is 2.41. The van der Waals surface area contributed by atoms with Crippen LogP contribution in [-0.2, 0) is 16.6 Å². The molecule has 0 saturated carbocycles. The van der Waals surface area contributed by atoms with Crippen molar-refractivity contribution in [2.75, 3.05) is 13.1 Å². The van der Waals surface area contributed by atoms with Crippen molar-refractivity contribution < 1.29 is 18.4 Å². The second-order valence-corrected chi connectivity index (χ2v) is 7.40. The van der Waals surface area contributed by atoms with E-state index in [9.17, 15) is 18.4 Å². The number of carbonyl (C=O) groups is 2. The van der Waals surface area contributed by atoms with Crippen LogP contribution in [0.25, 0.3) is 6.08 Å². The Bertz CT molecular complexity index is 735. The van der Waals surface area contributed by atoms with Gasteiger partial charge >= 0.3 is 0 Å². The number of allylic oxidation sites excluding steroid dienone is 1. The number of carbonyl (C=O) groups excluding carboxylic acids is 2. The molecule has 2 rings (SSSR count). The van der Waals surface area contributed by atoms with Crippen molar-refractivity contribution in [3.05, 3.63) is 41.7 Å². The molecular weight excluding hydrogens is 340 g/mol. The first kappa shape index (κ1) is 19.9. The molecule has 1 aliphatic heterocycles. The molecule has 142 valence electrons. The lowest BCUT2D eigenvalue weighted by Crippen LogP contribution is -2.44. The van der Waals surface area contributed by atoms with Gasteiger partial charge in [-0.1, -0.05) is 13.8 Å². The van der Waals surface area contributed by atoms with Gasteiger partial charge in [-0.25, -0.2) is 8.78 Å². The van der Waals surface area contributed by atoms with Crippen molar-refractivity contribution in [1.29, 1.82) is 0 Å². The normalized spacial score (nSPS) is 20.2. The summed E-state index contributed by atoms with van der Waals surface area (Å²) in [5.41, 5.74) is 0.298. The summed E-state index contributed by atoms with van der Waals surface area (Å²) in [5.74, 6) is -0.701. The number of aromatic nitrogens is 1. The molecular formula is C19H25F2N3O2. The minimum absolute atomic E-state index is 0.141. The maximum atomic E-state index is 12.5. The van der Waals surface area contributed by atoms with Gasteiger partial charge in [-0.3, -0.25) is 9.59 Å². The predicted molar refractivity (Wildman–Crippen MR) is 96.5 cm³/mol. The van der Waals surface area contributed by atoms with Gasteiger partial charge in [0, 0.05) is 50.1 Å². The fourth-order valence-electron chi connectivity index (χ4n) is 2.92. The molecule has 0 radical (unpaired) electrons. The minimum Gasteiger partial charge on any atom is -0.357 e. The summed E-state index contributed by atoms with van der Waals surface area (Å²) in [6.45, 7) is 5.92. The standard InChI is InChI=1S/C19H25F2N3O2/c1-13(18(20)21)9-16(25)22-15-11-24(12-19(15,2)3)17(26)6-5-14-7-8-23(4)10-14/h5-10,15,18H,11-12H2,1-4H3,(H,22,25)/b6-5+,13-9+. The van der Waals surface area contributed by atoms with Crippen molar-refractivity contribution in [1.82, 2.24) is 14.8 Å². The number of rotatable bonds is 5. The van der Waals surface area contributed by atoms with Gasteiger partial charge in [-0.05, 0) is 30.2 Å². The largest absolute Gasteiger partial charge is 0.357 e. The zero-order chi connectivity index (χ0) is 19.5. The van der Waals surface area contributed by atoms with Crippen LogP contribution in [0.4, 0.5) is 8.78 Å². The van der Waals surface area contributed by atoms with Crippen LogP contribution in [0.5, 0.6) is 0 Å². The quantitative estimate of drug-likeness (QED) is 0.816. The van der Waals surface area contributed by atoms with Crippen LogP contribution in [-0.4, -0.2) is 46.8 Å². The first-order chi connectivity index (χ1) is 12.1. The molecule has 1 unspecified atom stereocenters. The number of halogens is 2. The third-order valence-electron chi connectivity index (χ3n) is 4.55. The molecule has 2 heterocycles. The lowest BCUT2D eigenvalue weighted by atomic mass is 9.88. The van der Waals surface area contributed by atoms with E-state index in [2.05, 4.69) is 5.32 Å². The van der Waals surface area contributed by atoms with Gasteiger partial charge in [-0.15, -0.1) is 0 Å². The van der Waals surface area contributed by atoms with Crippen LogP contribution in [0.3, 0.4) is 0 Å². The van der Waals surface area contributed by atoms with Crippen LogP contribution in [0.15, 0.2) is 36.2 Å².